The number of carbonyl (C=O) groups excluding carboxylic acids is 1. The number of rotatable bonds is 4. The second-order valence-electron chi connectivity index (χ2n) is 6.95. The van der Waals surface area contributed by atoms with Crippen LogP contribution in [0.5, 0.6) is 0 Å². The number of amides is 1. The largest absolute Gasteiger partial charge is 0.339 e. The average molecular weight is 383 g/mol. The summed E-state index contributed by atoms with van der Waals surface area (Å²) < 4.78 is 31.4. The molecule has 1 saturated heterocycles. The second kappa shape index (κ2) is 7.88. The van der Waals surface area contributed by atoms with E-state index >= 15 is 0 Å². The molecule has 3 aromatic rings. The van der Waals surface area contributed by atoms with Crippen LogP contribution in [0.15, 0.2) is 53.1 Å². The van der Waals surface area contributed by atoms with Gasteiger partial charge in [-0.2, -0.15) is 4.98 Å². The van der Waals surface area contributed by atoms with Gasteiger partial charge in [0, 0.05) is 24.6 Å². The summed E-state index contributed by atoms with van der Waals surface area (Å²) in [5, 5.41) is 4.08. The Labute approximate surface area is 161 Å². The van der Waals surface area contributed by atoms with E-state index in [9.17, 15) is 13.6 Å². The van der Waals surface area contributed by atoms with Gasteiger partial charge in [0.15, 0.2) is 5.82 Å². The minimum Gasteiger partial charge on any atom is -0.339 e. The second-order valence-corrected chi connectivity index (χ2v) is 6.95. The van der Waals surface area contributed by atoms with E-state index in [4.69, 9.17) is 4.52 Å². The summed E-state index contributed by atoms with van der Waals surface area (Å²) in [4.78, 5) is 18.9. The van der Waals surface area contributed by atoms with Crippen LogP contribution >= 0.6 is 0 Å². The Morgan fingerprint density at radius 3 is 2.46 bits per heavy atom. The van der Waals surface area contributed by atoms with E-state index in [1.165, 1.54) is 36.4 Å². The smallest absolute Gasteiger partial charge is 0.253 e. The van der Waals surface area contributed by atoms with Gasteiger partial charge < -0.3 is 9.42 Å². The third-order valence-corrected chi connectivity index (χ3v) is 4.92. The zero-order chi connectivity index (χ0) is 19.5. The van der Waals surface area contributed by atoms with Crippen molar-refractivity contribution >= 4 is 5.91 Å². The van der Waals surface area contributed by atoms with Crippen molar-refractivity contribution in [1.29, 1.82) is 0 Å². The Kier molecular flexibility index (Phi) is 5.14. The number of halogens is 2. The molecule has 1 aliphatic rings. The molecule has 5 nitrogen and oxygen atoms in total. The molecule has 1 atom stereocenters. The van der Waals surface area contributed by atoms with E-state index < -0.39 is 0 Å². The minimum atomic E-state index is -0.367. The Morgan fingerprint density at radius 2 is 1.75 bits per heavy atom. The lowest BCUT2D eigenvalue weighted by Gasteiger charge is -2.31. The molecule has 0 bridgehead atoms. The molecule has 1 aliphatic heterocycles. The zero-order valence-corrected chi connectivity index (χ0v) is 15.1. The van der Waals surface area contributed by atoms with Crippen LogP contribution in [0.2, 0.25) is 0 Å². The SMILES string of the molecule is O=C(c1ccc(F)cc1)N1CCC[C@H](c2noc(Cc3ccc(F)cc3)n2)C1. The van der Waals surface area contributed by atoms with Crippen molar-refractivity contribution in [2.45, 2.75) is 25.2 Å². The molecule has 0 unspecified atom stereocenters. The fourth-order valence-electron chi connectivity index (χ4n) is 3.43. The predicted molar refractivity (Wildman–Crippen MR) is 97.8 cm³/mol. The molecule has 1 aromatic heterocycles. The quantitative estimate of drug-likeness (QED) is 0.684. The maximum Gasteiger partial charge on any atom is 0.253 e. The monoisotopic (exact) mass is 383 g/mol. The summed E-state index contributed by atoms with van der Waals surface area (Å²) in [6, 6.07) is 11.7. The molecule has 7 heteroatoms. The Balaban J connectivity index is 1.43. The molecule has 2 heterocycles. The summed E-state index contributed by atoms with van der Waals surface area (Å²) in [5.74, 6) is 0.248. The maximum atomic E-state index is 13.1. The topological polar surface area (TPSA) is 59.2 Å². The van der Waals surface area contributed by atoms with E-state index in [0.717, 1.165) is 18.4 Å². The van der Waals surface area contributed by atoms with Gasteiger partial charge in [-0.25, -0.2) is 8.78 Å². The van der Waals surface area contributed by atoms with E-state index in [0.29, 0.717) is 36.8 Å². The number of carbonyl (C=O) groups is 1. The number of hydrogen-bond acceptors (Lipinski definition) is 4. The van der Waals surface area contributed by atoms with Crippen molar-refractivity contribution in [3.63, 3.8) is 0 Å². The predicted octanol–water partition coefficient (Wildman–Crippen LogP) is 3.96. The van der Waals surface area contributed by atoms with Gasteiger partial charge in [0.1, 0.15) is 11.6 Å². The molecule has 0 radical (unpaired) electrons. The van der Waals surface area contributed by atoms with Gasteiger partial charge in [-0.3, -0.25) is 4.79 Å². The molecular formula is C21H19F2N3O2. The molecule has 0 N–H and O–H groups in total. The van der Waals surface area contributed by atoms with Crippen molar-refractivity contribution in [3.8, 4) is 0 Å². The van der Waals surface area contributed by atoms with Crippen LogP contribution in [0, 0.1) is 11.6 Å². The average Bonchev–Trinajstić information content (AvgIpc) is 3.18. The first-order valence-electron chi connectivity index (χ1n) is 9.20. The van der Waals surface area contributed by atoms with Gasteiger partial charge in [-0.15, -0.1) is 0 Å². The summed E-state index contributed by atoms with van der Waals surface area (Å²) in [6.07, 6.45) is 2.13. The number of nitrogens with zero attached hydrogens (tertiary/aromatic N) is 3. The number of piperidine rings is 1. The van der Waals surface area contributed by atoms with E-state index in [2.05, 4.69) is 10.1 Å². The van der Waals surface area contributed by atoms with Gasteiger partial charge in [0.25, 0.3) is 5.91 Å². The molecule has 0 spiro atoms. The number of aromatic nitrogens is 2. The van der Waals surface area contributed by atoms with Crippen LogP contribution in [0.25, 0.3) is 0 Å². The Hall–Kier alpha value is -3.09. The van der Waals surface area contributed by atoms with Gasteiger partial charge in [0.2, 0.25) is 5.89 Å². The third-order valence-electron chi connectivity index (χ3n) is 4.92. The van der Waals surface area contributed by atoms with Gasteiger partial charge >= 0.3 is 0 Å². The van der Waals surface area contributed by atoms with Crippen LogP contribution in [0.4, 0.5) is 8.78 Å². The summed E-state index contributed by atoms with van der Waals surface area (Å²) in [7, 11) is 0. The van der Waals surface area contributed by atoms with Crippen molar-refractivity contribution in [2.75, 3.05) is 13.1 Å². The molecule has 0 saturated carbocycles. The first-order chi connectivity index (χ1) is 13.6. The maximum absolute atomic E-state index is 13.1. The molecule has 144 valence electrons. The summed E-state index contributed by atoms with van der Waals surface area (Å²) in [6.45, 7) is 1.14. The highest BCUT2D eigenvalue weighted by Gasteiger charge is 2.28. The van der Waals surface area contributed by atoms with Crippen LogP contribution in [0.3, 0.4) is 0 Å². The first kappa shape index (κ1) is 18.3. The number of likely N-dealkylation sites (tertiary alicyclic amines) is 1. The molecule has 2 aromatic carbocycles. The van der Waals surface area contributed by atoms with Crippen LogP contribution in [0.1, 0.15) is 46.4 Å². The highest BCUT2D eigenvalue weighted by molar-refractivity contribution is 5.94. The van der Waals surface area contributed by atoms with Crippen molar-refractivity contribution < 1.29 is 18.1 Å². The first-order valence-corrected chi connectivity index (χ1v) is 9.20. The lowest BCUT2D eigenvalue weighted by atomic mass is 9.96. The highest BCUT2D eigenvalue weighted by atomic mass is 19.1. The molecule has 28 heavy (non-hydrogen) atoms. The number of benzene rings is 2. The van der Waals surface area contributed by atoms with Crippen LogP contribution in [-0.2, 0) is 6.42 Å². The standard InChI is InChI=1S/C21H19F2N3O2/c22-17-7-3-14(4-8-17)12-19-24-20(25-28-19)16-2-1-11-26(13-16)21(27)15-5-9-18(23)10-6-15/h3-10,16H,1-2,11-13H2/t16-/m0/s1. The lowest BCUT2D eigenvalue weighted by molar-refractivity contribution is 0.0703. The summed E-state index contributed by atoms with van der Waals surface area (Å²) >= 11 is 0. The van der Waals surface area contributed by atoms with E-state index in [1.54, 1.807) is 17.0 Å². The van der Waals surface area contributed by atoms with Gasteiger partial charge in [-0.05, 0) is 54.8 Å². The van der Waals surface area contributed by atoms with Crippen molar-refractivity contribution in [1.82, 2.24) is 15.0 Å². The van der Waals surface area contributed by atoms with E-state index in [-0.39, 0.29) is 23.5 Å². The van der Waals surface area contributed by atoms with Crippen molar-refractivity contribution in [2.24, 2.45) is 0 Å². The van der Waals surface area contributed by atoms with E-state index in [1.807, 2.05) is 0 Å². The molecular weight excluding hydrogens is 364 g/mol. The third kappa shape index (κ3) is 4.08. The lowest BCUT2D eigenvalue weighted by Crippen LogP contribution is -2.39. The molecule has 1 fully saturated rings. The Morgan fingerprint density at radius 1 is 1.07 bits per heavy atom. The van der Waals surface area contributed by atoms with Crippen LogP contribution < -0.4 is 0 Å². The Bertz CT molecular complexity index is 955. The fraction of sp³-hybridized carbons (Fsp3) is 0.286. The molecule has 4 rings (SSSR count). The fourth-order valence-corrected chi connectivity index (χ4v) is 3.43. The zero-order valence-electron chi connectivity index (χ0n) is 15.1. The van der Waals surface area contributed by atoms with Gasteiger partial charge in [-0.1, -0.05) is 17.3 Å². The summed E-state index contributed by atoms with van der Waals surface area (Å²) in [5.41, 5.74) is 1.35. The van der Waals surface area contributed by atoms with Gasteiger partial charge in [0.05, 0.1) is 6.42 Å². The van der Waals surface area contributed by atoms with Crippen molar-refractivity contribution in [3.05, 3.63) is 83.0 Å². The van der Waals surface area contributed by atoms with Crippen LogP contribution in [-0.4, -0.2) is 34.0 Å². The number of hydrogen-bond donors (Lipinski definition) is 0. The normalized spacial score (nSPS) is 16.9. The molecule has 1 amide bonds. The highest BCUT2D eigenvalue weighted by Crippen LogP contribution is 2.26. The minimum absolute atomic E-state index is 0.0103. The molecule has 0 aliphatic carbocycles.